The Balaban J connectivity index is 2.40. The fourth-order valence-electron chi connectivity index (χ4n) is 1.16. The second-order valence-electron chi connectivity index (χ2n) is 3.50. The molecule has 0 saturated carbocycles. The predicted octanol–water partition coefficient (Wildman–Crippen LogP) is 0.310. The largest absolute Gasteiger partial charge is 0.454 e. The Hall–Kier alpha value is -1.64. The molecule has 0 aliphatic rings. The maximum atomic E-state index is 11.8. The topological polar surface area (TPSA) is 84.5 Å². The molecule has 6 nitrogen and oxygen atoms in total. The molecule has 0 unspecified atom stereocenters. The number of benzene rings is 1. The van der Waals surface area contributed by atoms with Gasteiger partial charge in [-0.25, -0.2) is 0 Å². The average Bonchev–Trinajstić information content (AvgIpc) is 2.42. The molecule has 0 aliphatic heterocycles. The van der Waals surface area contributed by atoms with Crippen molar-refractivity contribution in [3.8, 4) is 0 Å². The zero-order valence-electron chi connectivity index (χ0n) is 10.2. The average molecular weight is 376 g/mol. The summed E-state index contributed by atoms with van der Waals surface area (Å²) in [5.74, 6) is -1.43. The van der Waals surface area contributed by atoms with E-state index in [-0.39, 0.29) is 19.1 Å². The van der Waals surface area contributed by atoms with E-state index in [0.717, 1.165) is 3.57 Å². The van der Waals surface area contributed by atoms with Gasteiger partial charge >= 0.3 is 5.97 Å². The zero-order chi connectivity index (χ0) is 14.3. The summed E-state index contributed by atoms with van der Waals surface area (Å²) in [5, 5.41) is 4.75. The van der Waals surface area contributed by atoms with Crippen LogP contribution in [0.4, 0.5) is 0 Å². The summed E-state index contributed by atoms with van der Waals surface area (Å²) >= 11 is 2.03. The molecule has 1 rings (SSSR count). The number of esters is 1. The molecule has 102 valence electrons. The molecule has 7 heteroatoms. The minimum atomic E-state index is -0.664. The van der Waals surface area contributed by atoms with E-state index in [2.05, 4.69) is 15.4 Å². The van der Waals surface area contributed by atoms with Crippen molar-refractivity contribution in [2.75, 3.05) is 20.2 Å². The number of rotatable bonds is 5. The van der Waals surface area contributed by atoms with Crippen LogP contribution in [0.2, 0.25) is 0 Å². The first kappa shape index (κ1) is 15.4. The van der Waals surface area contributed by atoms with E-state index in [1.54, 1.807) is 18.2 Å². The Bertz CT molecular complexity index is 490. The first-order chi connectivity index (χ1) is 9.04. The van der Waals surface area contributed by atoms with Crippen molar-refractivity contribution in [1.29, 1.82) is 0 Å². The van der Waals surface area contributed by atoms with E-state index < -0.39 is 11.9 Å². The molecule has 0 bridgehead atoms. The minimum Gasteiger partial charge on any atom is -0.454 e. The van der Waals surface area contributed by atoms with Crippen molar-refractivity contribution in [1.82, 2.24) is 10.6 Å². The Morgan fingerprint density at radius 1 is 1.26 bits per heavy atom. The molecule has 2 amide bonds. The lowest BCUT2D eigenvalue weighted by Crippen LogP contribution is -2.33. The van der Waals surface area contributed by atoms with Gasteiger partial charge in [0.1, 0.15) is 6.54 Å². The summed E-state index contributed by atoms with van der Waals surface area (Å²) in [5.41, 5.74) is 0.488. The lowest BCUT2D eigenvalue weighted by Gasteiger charge is -2.07. The highest BCUT2D eigenvalue weighted by atomic mass is 127. The van der Waals surface area contributed by atoms with Gasteiger partial charge in [0.05, 0.1) is 5.56 Å². The molecule has 0 heterocycles. The third kappa shape index (κ3) is 5.25. The van der Waals surface area contributed by atoms with Gasteiger partial charge in [0.2, 0.25) is 0 Å². The van der Waals surface area contributed by atoms with Crippen molar-refractivity contribution in [3.05, 3.63) is 33.4 Å². The molecule has 0 fully saturated rings. The van der Waals surface area contributed by atoms with Crippen molar-refractivity contribution in [3.63, 3.8) is 0 Å². The Kier molecular flexibility index (Phi) is 6.26. The van der Waals surface area contributed by atoms with Gasteiger partial charge in [0.25, 0.3) is 11.8 Å². The fourth-order valence-corrected chi connectivity index (χ4v) is 1.79. The first-order valence-electron chi connectivity index (χ1n) is 5.43. The van der Waals surface area contributed by atoms with E-state index >= 15 is 0 Å². The number of carbonyl (C=O) groups excluding carboxylic acids is 3. The van der Waals surface area contributed by atoms with Crippen LogP contribution in [0.25, 0.3) is 0 Å². The standard InChI is InChI=1S/C12H13IN2O4/c1-14-10(16)7-19-11(17)6-15-12(18)8-4-2-3-5-9(8)13/h2-5H,6-7H2,1H3,(H,14,16)(H,15,18). The summed E-state index contributed by atoms with van der Waals surface area (Å²) < 4.78 is 5.43. The van der Waals surface area contributed by atoms with Crippen molar-refractivity contribution in [2.24, 2.45) is 0 Å². The lowest BCUT2D eigenvalue weighted by atomic mass is 10.2. The molecule has 1 aromatic rings. The van der Waals surface area contributed by atoms with E-state index in [9.17, 15) is 14.4 Å². The lowest BCUT2D eigenvalue weighted by molar-refractivity contribution is -0.147. The normalized spacial score (nSPS) is 9.58. The summed E-state index contributed by atoms with van der Waals surface area (Å²) in [6, 6.07) is 7.00. The van der Waals surface area contributed by atoms with Gasteiger partial charge in [-0.05, 0) is 34.7 Å². The number of nitrogens with one attached hydrogen (secondary N) is 2. The van der Waals surface area contributed by atoms with Crippen LogP contribution in [-0.4, -0.2) is 38.0 Å². The maximum Gasteiger partial charge on any atom is 0.325 e. The van der Waals surface area contributed by atoms with Crippen LogP contribution in [0.5, 0.6) is 0 Å². The quantitative estimate of drug-likeness (QED) is 0.573. The van der Waals surface area contributed by atoms with Crippen LogP contribution < -0.4 is 10.6 Å². The Morgan fingerprint density at radius 3 is 2.58 bits per heavy atom. The first-order valence-corrected chi connectivity index (χ1v) is 6.51. The second-order valence-corrected chi connectivity index (χ2v) is 4.66. The molecule has 0 saturated heterocycles. The van der Waals surface area contributed by atoms with Crippen LogP contribution in [0.3, 0.4) is 0 Å². The Labute approximate surface area is 124 Å². The number of ether oxygens (including phenoxy) is 1. The van der Waals surface area contributed by atoms with Gasteiger partial charge in [-0.3, -0.25) is 14.4 Å². The number of hydrogen-bond acceptors (Lipinski definition) is 4. The predicted molar refractivity (Wildman–Crippen MR) is 76.5 cm³/mol. The van der Waals surface area contributed by atoms with Gasteiger partial charge < -0.3 is 15.4 Å². The van der Waals surface area contributed by atoms with E-state index in [1.807, 2.05) is 28.7 Å². The monoisotopic (exact) mass is 376 g/mol. The second kappa shape index (κ2) is 7.72. The van der Waals surface area contributed by atoms with Crippen molar-refractivity contribution < 1.29 is 19.1 Å². The molecule has 2 N–H and O–H groups in total. The highest BCUT2D eigenvalue weighted by Crippen LogP contribution is 2.10. The van der Waals surface area contributed by atoms with Gasteiger partial charge in [0, 0.05) is 10.6 Å². The number of halogens is 1. The van der Waals surface area contributed by atoms with Gasteiger partial charge in [-0.2, -0.15) is 0 Å². The summed E-state index contributed by atoms with van der Waals surface area (Å²) in [7, 11) is 1.44. The summed E-state index contributed by atoms with van der Waals surface area (Å²) in [6.45, 7) is -0.630. The zero-order valence-corrected chi connectivity index (χ0v) is 12.4. The van der Waals surface area contributed by atoms with Crippen LogP contribution in [0.1, 0.15) is 10.4 Å². The number of carbonyl (C=O) groups is 3. The molecule has 0 aromatic heterocycles. The maximum absolute atomic E-state index is 11.8. The van der Waals surface area contributed by atoms with Crippen LogP contribution in [0.15, 0.2) is 24.3 Å². The SMILES string of the molecule is CNC(=O)COC(=O)CNC(=O)c1ccccc1I. The van der Waals surface area contributed by atoms with Gasteiger partial charge in [-0.1, -0.05) is 12.1 Å². The molecular formula is C12H13IN2O4. The van der Waals surface area contributed by atoms with E-state index in [0.29, 0.717) is 5.56 Å². The molecular weight excluding hydrogens is 363 g/mol. The molecule has 0 aliphatic carbocycles. The molecule has 0 spiro atoms. The van der Waals surface area contributed by atoms with E-state index in [4.69, 9.17) is 0 Å². The number of amides is 2. The number of likely N-dealkylation sites (N-methyl/N-ethyl adjacent to an activating group) is 1. The molecule has 19 heavy (non-hydrogen) atoms. The Morgan fingerprint density at radius 2 is 1.95 bits per heavy atom. The summed E-state index contributed by atoms with van der Waals surface area (Å²) in [4.78, 5) is 33.9. The van der Waals surface area contributed by atoms with Gasteiger partial charge in [-0.15, -0.1) is 0 Å². The third-order valence-corrected chi connectivity index (χ3v) is 3.10. The van der Waals surface area contributed by atoms with Crippen LogP contribution in [0, 0.1) is 3.57 Å². The van der Waals surface area contributed by atoms with Gasteiger partial charge in [0.15, 0.2) is 6.61 Å². The summed E-state index contributed by atoms with van der Waals surface area (Å²) in [6.07, 6.45) is 0. The number of hydrogen-bond donors (Lipinski definition) is 2. The van der Waals surface area contributed by atoms with E-state index in [1.165, 1.54) is 7.05 Å². The van der Waals surface area contributed by atoms with Crippen molar-refractivity contribution >= 4 is 40.4 Å². The van der Waals surface area contributed by atoms with Crippen LogP contribution in [-0.2, 0) is 14.3 Å². The molecule has 1 aromatic carbocycles. The highest BCUT2D eigenvalue weighted by Gasteiger charge is 2.11. The highest BCUT2D eigenvalue weighted by molar-refractivity contribution is 14.1. The molecule has 0 atom stereocenters. The van der Waals surface area contributed by atoms with Crippen LogP contribution >= 0.6 is 22.6 Å². The third-order valence-electron chi connectivity index (χ3n) is 2.15. The minimum absolute atomic E-state index is 0.277. The fraction of sp³-hybridized carbons (Fsp3) is 0.250. The smallest absolute Gasteiger partial charge is 0.325 e. The van der Waals surface area contributed by atoms with Crippen molar-refractivity contribution in [2.45, 2.75) is 0 Å². The molecule has 0 radical (unpaired) electrons.